The van der Waals surface area contributed by atoms with Crippen molar-refractivity contribution in [3.05, 3.63) is 0 Å². The number of nitrogens with zero attached hydrogens (tertiary/aromatic N) is 1. The number of thioether (sulfide) groups is 1. The van der Waals surface area contributed by atoms with E-state index in [1.807, 2.05) is 0 Å². The van der Waals surface area contributed by atoms with Crippen LogP contribution >= 0.6 is 11.8 Å². The molecule has 0 spiro atoms. The first-order chi connectivity index (χ1) is 7.69. The van der Waals surface area contributed by atoms with Gasteiger partial charge in [0.05, 0.1) is 0 Å². The lowest BCUT2D eigenvalue weighted by Crippen LogP contribution is -2.56. The number of carbonyl (C=O) groups is 2. The summed E-state index contributed by atoms with van der Waals surface area (Å²) in [6, 6.07) is 0. The molecule has 5 nitrogen and oxygen atoms in total. The largest absolute Gasteiger partial charge is 0.479 e. The van der Waals surface area contributed by atoms with Gasteiger partial charge in [0.1, 0.15) is 5.60 Å². The number of carbonyl (C=O) groups excluding carboxylic acids is 1. The molecule has 0 saturated carbocycles. The van der Waals surface area contributed by atoms with Crippen LogP contribution in [0.1, 0.15) is 27.2 Å². The average molecular weight is 261 g/mol. The Morgan fingerprint density at radius 2 is 2.00 bits per heavy atom. The Morgan fingerprint density at radius 3 is 2.35 bits per heavy atom. The molecule has 1 N–H and O–H groups in total. The zero-order valence-electron chi connectivity index (χ0n) is 10.6. The molecule has 0 bridgehead atoms. The molecule has 0 radical (unpaired) electrons. The Labute approximate surface area is 105 Å². The lowest BCUT2D eigenvalue weighted by Gasteiger charge is -2.35. The second-order valence-electron chi connectivity index (χ2n) is 5.18. The van der Waals surface area contributed by atoms with Crippen LogP contribution in [-0.2, 0) is 9.53 Å². The van der Waals surface area contributed by atoms with Crippen LogP contribution in [0.2, 0.25) is 0 Å². The number of carboxylic acids is 1. The summed E-state index contributed by atoms with van der Waals surface area (Å²) in [4.78, 5) is 24.5. The monoisotopic (exact) mass is 261 g/mol. The Morgan fingerprint density at radius 1 is 1.41 bits per heavy atom. The molecule has 0 aromatic carbocycles. The molecular formula is C11H19NO4S. The van der Waals surface area contributed by atoms with Crippen LogP contribution in [0.4, 0.5) is 4.79 Å². The molecule has 0 aromatic rings. The normalized spacial score (nSPS) is 24.5. The summed E-state index contributed by atoms with van der Waals surface area (Å²) in [5.74, 6) is 0.202. The van der Waals surface area contributed by atoms with Crippen LogP contribution < -0.4 is 0 Å². The fraction of sp³-hybridized carbons (Fsp3) is 0.818. The highest BCUT2D eigenvalue weighted by molar-refractivity contribution is 7.99. The predicted molar refractivity (Wildman–Crippen MR) is 66.3 cm³/mol. The summed E-state index contributed by atoms with van der Waals surface area (Å²) >= 11 is 1.54. The topological polar surface area (TPSA) is 66.8 Å². The molecule has 1 aliphatic heterocycles. The Kier molecular flexibility index (Phi) is 3.96. The molecule has 17 heavy (non-hydrogen) atoms. The molecule has 1 atom stereocenters. The van der Waals surface area contributed by atoms with E-state index in [9.17, 15) is 14.7 Å². The van der Waals surface area contributed by atoms with Gasteiger partial charge < -0.3 is 9.84 Å². The van der Waals surface area contributed by atoms with Crippen LogP contribution in [-0.4, -0.2) is 51.8 Å². The third-order valence-electron chi connectivity index (χ3n) is 2.71. The van der Waals surface area contributed by atoms with E-state index < -0.39 is 23.2 Å². The number of aliphatic carboxylic acids is 1. The molecule has 1 unspecified atom stereocenters. The van der Waals surface area contributed by atoms with Crippen molar-refractivity contribution < 1.29 is 19.4 Å². The second kappa shape index (κ2) is 4.76. The van der Waals surface area contributed by atoms with Gasteiger partial charge >= 0.3 is 12.1 Å². The second-order valence-corrected chi connectivity index (χ2v) is 6.28. The summed E-state index contributed by atoms with van der Waals surface area (Å²) < 4.78 is 5.20. The smallest absolute Gasteiger partial charge is 0.411 e. The maximum atomic E-state index is 11.9. The van der Waals surface area contributed by atoms with Gasteiger partial charge in [-0.1, -0.05) is 0 Å². The minimum absolute atomic E-state index is 0.415. The summed E-state index contributed by atoms with van der Waals surface area (Å²) in [5, 5.41) is 9.32. The zero-order valence-corrected chi connectivity index (χ0v) is 11.5. The third kappa shape index (κ3) is 3.06. The van der Waals surface area contributed by atoms with Gasteiger partial charge in [0, 0.05) is 12.8 Å². The van der Waals surface area contributed by atoms with Gasteiger partial charge in [-0.25, -0.2) is 9.59 Å². The van der Waals surface area contributed by atoms with E-state index in [2.05, 4.69) is 0 Å². The van der Waals surface area contributed by atoms with Gasteiger partial charge in [0.25, 0.3) is 0 Å². The van der Waals surface area contributed by atoms with E-state index >= 15 is 0 Å². The van der Waals surface area contributed by atoms with Gasteiger partial charge in [-0.2, -0.15) is 11.8 Å². The van der Waals surface area contributed by atoms with Crippen molar-refractivity contribution in [3.63, 3.8) is 0 Å². The predicted octanol–water partition coefficient (Wildman–Crippen LogP) is 1.81. The molecule has 0 aliphatic carbocycles. The quantitative estimate of drug-likeness (QED) is 0.821. The number of likely N-dealkylation sites (N-methyl/N-ethyl adjacent to an activating group) is 1. The highest BCUT2D eigenvalue weighted by Gasteiger charge is 2.48. The standard InChI is InChI=1S/C11H19NO4S/c1-10(2,3)16-9(15)12(4)11(8(13)14)5-6-17-7-11/h5-7H2,1-4H3,(H,13,14). The van der Waals surface area contributed by atoms with Gasteiger partial charge in [0.2, 0.25) is 0 Å². The van der Waals surface area contributed by atoms with E-state index in [-0.39, 0.29) is 0 Å². The Balaban J connectivity index is 2.83. The number of carboxylic acid groups (broad SMARTS) is 1. The van der Waals surface area contributed by atoms with Crippen molar-refractivity contribution in [2.45, 2.75) is 38.3 Å². The molecule has 1 saturated heterocycles. The van der Waals surface area contributed by atoms with Crippen LogP contribution in [0.3, 0.4) is 0 Å². The number of amides is 1. The third-order valence-corrected chi connectivity index (χ3v) is 3.88. The van der Waals surface area contributed by atoms with Gasteiger partial charge in [0.15, 0.2) is 5.54 Å². The maximum Gasteiger partial charge on any atom is 0.411 e. The highest BCUT2D eigenvalue weighted by atomic mass is 32.2. The molecule has 98 valence electrons. The zero-order chi connectivity index (χ0) is 13.3. The lowest BCUT2D eigenvalue weighted by atomic mass is 9.98. The van der Waals surface area contributed by atoms with Crippen molar-refractivity contribution in [2.24, 2.45) is 0 Å². The van der Waals surface area contributed by atoms with Crippen LogP contribution in [0, 0.1) is 0 Å². The van der Waals surface area contributed by atoms with Gasteiger partial charge in [-0.15, -0.1) is 0 Å². The van der Waals surface area contributed by atoms with Crippen molar-refractivity contribution in [1.29, 1.82) is 0 Å². The number of rotatable bonds is 2. The average Bonchev–Trinajstić information content (AvgIpc) is 2.63. The van der Waals surface area contributed by atoms with Crippen molar-refractivity contribution in [3.8, 4) is 0 Å². The first-order valence-electron chi connectivity index (χ1n) is 5.47. The minimum atomic E-state index is -1.12. The van der Waals surface area contributed by atoms with Gasteiger partial charge in [-0.05, 0) is 32.9 Å². The maximum absolute atomic E-state index is 11.9. The number of hydrogen-bond acceptors (Lipinski definition) is 4. The fourth-order valence-electron chi connectivity index (χ4n) is 1.64. The van der Waals surface area contributed by atoms with E-state index in [4.69, 9.17) is 4.74 Å². The number of ether oxygens (including phenoxy) is 1. The molecule has 1 heterocycles. The SMILES string of the molecule is CN(C(=O)OC(C)(C)C)C1(C(=O)O)CCSC1. The van der Waals surface area contributed by atoms with Gasteiger partial charge in [-0.3, -0.25) is 4.90 Å². The molecule has 1 fully saturated rings. The first kappa shape index (κ1) is 14.2. The Bertz CT molecular complexity index is 318. The van der Waals surface area contributed by atoms with Crippen LogP contribution in [0.15, 0.2) is 0 Å². The molecule has 1 aliphatic rings. The van der Waals surface area contributed by atoms with E-state index in [0.29, 0.717) is 12.2 Å². The first-order valence-corrected chi connectivity index (χ1v) is 6.62. The van der Waals surface area contributed by atoms with E-state index in [0.717, 1.165) is 5.75 Å². The summed E-state index contributed by atoms with van der Waals surface area (Å²) in [6.07, 6.45) is -0.120. The van der Waals surface area contributed by atoms with Crippen LogP contribution in [0.5, 0.6) is 0 Å². The van der Waals surface area contributed by atoms with Crippen molar-refractivity contribution >= 4 is 23.8 Å². The highest BCUT2D eigenvalue weighted by Crippen LogP contribution is 2.33. The fourth-order valence-corrected chi connectivity index (χ4v) is 3.06. The minimum Gasteiger partial charge on any atom is -0.479 e. The molecule has 1 rings (SSSR count). The van der Waals surface area contributed by atoms with Crippen molar-refractivity contribution in [1.82, 2.24) is 4.90 Å². The van der Waals surface area contributed by atoms with E-state index in [1.54, 1.807) is 32.5 Å². The summed E-state index contributed by atoms with van der Waals surface area (Å²) in [6.45, 7) is 5.28. The Hall–Kier alpha value is -0.910. The summed E-state index contributed by atoms with van der Waals surface area (Å²) in [7, 11) is 1.49. The molecular weight excluding hydrogens is 242 g/mol. The van der Waals surface area contributed by atoms with Crippen LogP contribution in [0.25, 0.3) is 0 Å². The summed E-state index contributed by atoms with van der Waals surface area (Å²) in [5.41, 5.74) is -1.73. The van der Waals surface area contributed by atoms with E-state index in [1.165, 1.54) is 11.9 Å². The lowest BCUT2D eigenvalue weighted by molar-refractivity contribution is -0.148. The molecule has 1 amide bonds. The number of hydrogen-bond donors (Lipinski definition) is 1. The van der Waals surface area contributed by atoms with Crippen molar-refractivity contribution in [2.75, 3.05) is 18.6 Å². The molecule has 0 aromatic heterocycles. The molecule has 6 heteroatoms.